The molecule has 0 unspecified atom stereocenters. The lowest BCUT2D eigenvalue weighted by molar-refractivity contribution is -0.152. The van der Waals surface area contributed by atoms with Crippen LogP contribution >= 0.6 is 0 Å². The Morgan fingerprint density at radius 2 is 2.00 bits per heavy atom. The third-order valence-electron chi connectivity index (χ3n) is 3.59. The van der Waals surface area contributed by atoms with Gasteiger partial charge in [0.25, 0.3) is 0 Å². The first-order chi connectivity index (χ1) is 9.49. The van der Waals surface area contributed by atoms with Crippen molar-refractivity contribution in [3.05, 3.63) is 29.8 Å². The number of likely N-dealkylation sites (tertiary alicyclic amines) is 1. The highest BCUT2D eigenvalue weighted by atomic mass is 16.4. The first-order valence-electron chi connectivity index (χ1n) is 6.44. The molecular weight excluding hydrogens is 262 g/mol. The number of aromatic hydroxyl groups is 1. The van der Waals surface area contributed by atoms with Crippen molar-refractivity contribution < 1.29 is 24.9 Å². The first kappa shape index (κ1) is 14.3. The number of β-amino-alcohol motifs (C(OH)–C–C–N with tert-alkyl or cyclic N) is 1. The van der Waals surface area contributed by atoms with Crippen molar-refractivity contribution in [2.45, 2.75) is 18.9 Å². The highest BCUT2D eigenvalue weighted by Crippen LogP contribution is 2.21. The van der Waals surface area contributed by atoms with E-state index in [1.54, 1.807) is 18.2 Å². The van der Waals surface area contributed by atoms with E-state index in [4.69, 9.17) is 5.11 Å². The number of amides is 1. The van der Waals surface area contributed by atoms with E-state index in [2.05, 4.69) is 0 Å². The van der Waals surface area contributed by atoms with Crippen LogP contribution in [0.25, 0.3) is 0 Å². The summed E-state index contributed by atoms with van der Waals surface area (Å²) >= 11 is 0. The zero-order chi connectivity index (χ0) is 14.7. The average Bonchev–Trinajstić information content (AvgIpc) is 2.40. The Hall–Kier alpha value is -2.08. The van der Waals surface area contributed by atoms with Gasteiger partial charge in [0, 0.05) is 18.7 Å². The average molecular weight is 279 g/mol. The van der Waals surface area contributed by atoms with Gasteiger partial charge >= 0.3 is 5.97 Å². The minimum Gasteiger partial charge on any atom is -0.508 e. The van der Waals surface area contributed by atoms with Crippen LogP contribution in [0, 0.1) is 5.92 Å². The number of hydrogen-bond donors (Lipinski definition) is 3. The SMILES string of the molecule is O=C(O)[C@H]1CCN(C(=O)Cc2ccccc2O)C[C@H]1O. The van der Waals surface area contributed by atoms with Crippen molar-refractivity contribution in [2.24, 2.45) is 5.92 Å². The molecule has 6 heteroatoms. The Kier molecular flexibility index (Phi) is 4.24. The number of carboxylic acid groups (broad SMARTS) is 1. The Balaban J connectivity index is 1.98. The molecule has 108 valence electrons. The number of piperidine rings is 1. The number of benzene rings is 1. The maximum atomic E-state index is 12.1. The predicted molar refractivity (Wildman–Crippen MR) is 70.1 cm³/mol. The molecule has 0 radical (unpaired) electrons. The molecule has 1 aromatic carbocycles. The maximum Gasteiger partial charge on any atom is 0.309 e. The van der Waals surface area contributed by atoms with Crippen LogP contribution in [0.15, 0.2) is 24.3 Å². The Morgan fingerprint density at radius 3 is 2.60 bits per heavy atom. The smallest absolute Gasteiger partial charge is 0.309 e. The largest absolute Gasteiger partial charge is 0.508 e. The van der Waals surface area contributed by atoms with Gasteiger partial charge in [0.1, 0.15) is 5.75 Å². The van der Waals surface area contributed by atoms with E-state index in [0.29, 0.717) is 12.1 Å². The Labute approximate surface area is 116 Å². The molecule has 1 aliphatic heterocycles. The van der Waals surface area contributed by atoms with E-state index < -0.39 is 18.0 Å². The number of nitrogens with zero attached hydrogens (tertiary/aromatic N) is 1. The van der Waals surface area contributed by atoms with Gasteiger partial charge in [0.15, 0.2) is 0 Å². The van der Waals surface area contributed by atoms with E-state index in [-0.39, 0.29) is 31.0 Å². The third kappa shape index (κ3) is 3.08. The molecule has 0 aliphatic carbocycles. The van der Waals surface area contributed by atoms with Crippen molar-refractivity contribution in [3.8, 4) is 5.75 Å². The second-order valence-corrected chi connectivity index (χ2v) is 4.95. The fourth-order valence-corrected chi connectivity index (χ4v) is 2.38. The lowest BCUT2D eigenvalue weighted by atomic mass is 9.93. The molecule has 3 N–H and O–H groups in total. The van der Waals surface area contributed by atoms with Crippen LogP contribution in [-0.4, -0.2) is 51.3 Å². The first-order valence-corrected chi connectivity index (χ1v) is 6.44. The summed E-state index contributed by atoms with van der Waals surface area (Å²) in [4.78, 5) is 24.4. The summed E-state index contributed by atoms with van der Waals surface area (Å²) in [7, 11) is 0. The van der Waals surface area contributed by atoms with Gasteiger partial charge in [-0.15, -0.1) is 0 Å². The van der Waals surface area contributed by atoms with Gasteiger partial charge in [-0.1, -0.05) is 18.2 Å². The molecule has 0 saturated carbocycles. The number of aliphatic hydroxyl groups excluding tert-OH is 1. The normalized spacial score (nSPS) is 22.6. The van der Waals surface area contributed by atoms with E-state index in [0.717, 1.165) is 0 Å². The fourth-order valence-electron chi connectivity index (χ4n) is 2.38. The van der Waals surface area contributed by atoms with Crippen molar-refractivity contribution in [1.29, 1.82) is 0 Å². The number of aliphatic carboxylic acids is 1. The fraction of sp³-hybridized carbons (Fsp3) is 0.429. The molecule has 1 saturated heterocycles. The van der Waals surface area contributed by atoms with Crippen LogP contribution in [0.2, 0.25) is 0 Å². The molecular formula is C14H17NO5. The summed E-state index contributed by atoms with van der Waals surface area (Å²) in [6.45, 7) is 0.323. The molecule has 2 atom stereocenters. The summed E-state index contributed by atoms with van der Waals surface area (Å²) in [5, 5.41) is 28.3. The van der Waals surface area contributed by atoms with Gasteiger partial charge in [-0.3, -0.25) is 9.59 Å². The standard InChI is InChI=1S/C14H17NO5/c16-11-4-2-1-3-9(11)7-13(18)15-6-5-10(14(19)20)12(17)8-15/h1-4,10,12,16-17H,5-8H2,(H,19,20)/t10-,12+/m0/s1. The molecule has 1 heterocycles. The summed E-state index contributed by atoms with van der Waals surface area (Å²) in [6, 6.07) is 6.57. The number of phenols is 1. The van der Waals surface area contributed by atoms with Crippen LogP contribution < -0.4 is 0 Å². The number of carboxylic acids is 1. The van der Waals surface area contributed by atoms with Crippen molar-refractivity contribution in [1.82, 2.24) is 4.90 Å². The number of carbonyl (C=O) groups excluding carboxylic acids is 1. The highest BCUT2D eigenvalue weighted by molar-refractivity contribution is 5.80. The third-order valence-corrected chi connectivity index (χ3v) is 3.59. The number of para-hydroxylation sites is 1. The molecule has 1 fully saturated rings. The van der Waals surface area contributed by atoms with Crippen LogP contribution in [0.4, 0.5) is 0 Å². The topological polar surface area (TPSA) is 98.1 Å². The lowest BCUT2D eigenvalue weighted by Crippen LogP contribution is -2.49. The van der Waals surface area contributed by atoms with Crippen molar-refractivity contribution >= 4 is 11.9 Å². The summed E-state index contributed by atoms with van der Waals surface area (Å²) in [5.41, 5.74) is 0.521. The molecule has 1 aliphatic rings. The number of carbonyl (C=O) groups is 2. The molecule has 0 spiro atoms. The van der Waals surface area contributed by atoms with Crippen LogP contribution in [0.3, 0.4) is 0 Å². The van der Waals surface area contributed by atoms with Gasteiger partial charge in [-0.2, -0.15) is 0 Å². The quantitative estimate of drug-likeness (QED) is 0.735. The van der Waals surface area contributed by atoms with Gasteiger partial charge in [0.05, 0.1) is 18.4 Å². The second-order valence-electron chi connectivity index (χ2n) is 4.95. The van der Waals surface area contributed by atoms with E-state index >= 15 is 0 Å². The van der Waals surface area contributed by atoms with Crippen LogP contribution in [-0.2, 0) is 16.0 Å². The minimum absolute atomic E-state index is 0.0173. The van der Waals surface area contributed by atoms with E-state index in [1.165, 1.54) is 11.0 Å². The van der Waals surface area contributed by atoms with Crippen LogP contribution in [0.5, 0.6) is 5.75 Å². The number of phenolic OH excluding ortho intramolecular Hbond substituents is 1. The summed E-state index contributed by atoms with van der Waals surface area (Å²) < 4.78 is 0. The van der Waals surface area contributed by atoms with Gasteiger partial charge in [-0.25, -0.2) is 0 Å². The van der Waals surface area contributed by atoms with E-state index in [9.17, 15) is 19.8 Å². The number of hydrogen-bond acceptors (Lipinski definition) is 4. The predicted octanol–water partition coefficient (Wildman–Crippen LogP) is 0.229. The van der Waals surface area contributed by atoms with Crippen LogP contribution in [0.1, 0.15) is 12.0 Å². The number of aliphatic hydroxyl groups is 1. The Morgan fingerprint density at radius 1 is 1.30 bits per heavy atom. The van der Waals surface area contributed by atoms with Crippen molar-refractivity contribution in [2.75, 3.05) is 13.1 Å². The Bertz CT molecular complexity index is 516. The zero-order valence-electron chi connectivity index (χ0n) is 10.9. The van der Waals surface area contributed by atoms with Gasteiger partial charge in [0.2, 0.25) is 5.91 Å². The maximum absolute atomic E-state index is 12.1. The molecule has 6 nitrogen and oxygen atoms in total. The lowest BCUT2D eigenvalue weighted by Gasteiger charge is -2.34. The van der Waals surface area contributed by atoms with Gasteiger partial charge in [-0.05, 0) is 12.5 Å². The molecule has 0 bridgehead atoms. The van der Waals surface area contributed by atoms with E-state index in [1.807, 2.05) is 0 Å². The molecule has 20 heavy (non-hydrogen) atoms. The van der Waals surface area contributed by atoms with Crippen molar-refractivity contribution in [3.63, 3.8) is 0 Å². The summed E-state index contributed by atoms with van der Waals surface area (Å²) in [5.74, 6) is -2.02. The van der Waals surface area contributed by atoms with Gasteiger partial charge < -0.3 is 20.2 Å². The minimum atomic E-state index is -1.05. The summed E-state index contributed by atoms with van der Waals surface area (Å²) in [6.07, 6.45) is -0.769. The number of rotatable bonds is 3. The molecule has 2 rings (SSSR count). The molecule has 1 aromatic rings. The molecule has 0 aromatic heterocycles. The second kappa shape index (κ2) is 5.92. The highest BCUT2D eigenvalue weighted by Gasteiger charge is 2.34. The monoisotopic (exact) mass is 279 g/mol. The molecule has 1 amide bonds. The zero-order valence-corrected chi connectivity index (χ0v) is 10.9.